The van der Waals surface area contributed by atoms with Gasteiger partial charge in [0.25, 0.3) is 0 Å². The number of hydrogen-bond acceptors (Lipinski definition) is 5. The van der Waals surface area contributed by atoms with Crippen LogP contribution in [0, 0.1) is 0 Å². The van der Waals surface area contributed by atoms with Crippen LogP contribution in [0.3, 0.4) is 0 Å². The SMILES string of the molecule is CCCCCOc1ccc(C(=O)OCC(=O)c2ccc(NC(C)=O)cc2)cc1. The third kappa shape index (κ3) is 6.87. The number of carbonyl (C=O) groups is 3. The minimum atomic E-state index is -0.569. The van der Waals surface area contributed by atoms with Crippen LogP contribution in [0.5, 0.6) is 5.75 Å². The van der Waals surface area contributed by atoms with Crippen molar-refractivity contribution in [3.05, 3.63) is 59.7 Å². The lowest BCUT2D eigenvalue weighted by molar-refractivity contribution is -0.114. The molecule has 0 aliphatic carbocycles. The van der Waals surface area contributed by atoms with Gasteiger partial charge in [-0.1, -0.05) is 19.8 Å². The average Bonchev–Trinajstić information content (AvgIpc) is 2.70. The van der Waals surface area contributed by atoms with Gasteiger partial charge in [0, 0.05) is 18.2 Å². The fourth-order valence-electron chi connectivity index (χ4n) is 2.47. The number of amides is 1. The summed E-state index contributed by atoms with van der Waals surface area (Å²) in [7, 11) is 0. The fraction of sp³-hybridized carbons (Fsp3) is 0.318. The molecule has 0 saturated carbocycles. The monoisotopic (exact) mass is 383 g/mol. The van der Waals surface area contributed by atoms with E-state index in [2.05, 4.69) is 12.2 Å². The van der Waals surface area contributed by atoms with Crippen molar-refractivity contribution in [3.8, 4) is 5.75 Å². The Morgan fingerprint density at radius 1 is 0.893 bits per heavy atom. The van der Waals surface area contributed by atoms with Crippen LogP contribution < -0.4 is 10.1 Å². The van der Waals surface area contributed by atoms with Crippen molar-refractivity contribution in [3.63, 3.8) is 0 Å². The summed E-state index contributed by atoms with van der Waals surface area (Å²) < 4.78 is 10.7. The predicted octanol–water partition coefficient (Wildman–Crippen LogP) is 4.25. The number of anilines is 1. The van der Waals surface area contributed by atoms with Crippen molar-refractivity contribution in [1.82, 2.24) is 0 Å². The zero-order chi connectivity index (χ0) is 20.4. The highest BCUT2D eigenvalue weighted by Crippen LogP contribution is 2.14. The van der Waals surface area contributed by atoms with Gasteiger partial charge in [-0.3, -0.25) is 9.59 Å². The van der Waals surface area contributed by atoms with Crippen LogP contribution in [0.2, 0.25) is 0 Å². The molecular formula is C22H25NO5. The van der Waals surface area contributed by atoms with Crippen LogP contribution in [0.4, 0.5) is 5.69 Å². The van der Waals surface area contributed by atoms with E-state index in [1.54, 1.807) is 48.5 Å². The van der Waals surface area contributed by atoms with E-state index in [9.17, 15) is 14.4 Å². The molecular weight excluding hydrogens is 358 g/mol. The van der Waals surface area contributed by atoms with Gasteiger partial charge < -0.3 is 14.8 Å². The van der Waals surface area contributed by atoms with E-state index >= 15 is 0 Å². The molecule has 1 amide bonds. The third-order valence-corrected chi connectivity index (χ3v) is 3.97. The Bertz CT molecular complexity index is 797. The van der Waals surface area contributed by atoms with Gasteiger partial charge in [-0.2, -0.15) is 0 Å². The molecule has 2 rings (SSSR count). The number of carbonyl (C=O) groups excluding carboxylic acids is 3. The fourth-order valence-corrected chi connectivity index (χ4v) is 2.47. The van der Waals surface area contributed by atoms with Gasteiger partial charge in [0.15, 0.2) is 12.4 Å². The maximum absolute atomic E-state index is 12.2. The molecule has 0 aliphatic rings. The molecule has 0 spiro atoms. The van der Waals surface area contributed by atoms with Crippen molar-refractivity contribution < 1.29 is 23.9 Å². The first-order valence-corrected chi connectivity index (χ1v) is 9.30. The van der Waals surface area contributed by atoms with Gasteiger partial charge in [-0.05, 0) is 55.0 Å². The quantitative estimate of drug-likeness (QED) is 0.377. The second-order valence-electron chi connectivity index (χ2n) is 6.34. The molecule has 0 radical (unpaired) electrons. The molecule has 6 heteroatoms. The first kappa shape index (κ1) is 21.2. The van der Waals surface area contributed by atoms with Gasteiger partial charge in [0.2, 0.25) is 5.91 Å². The smallest absolute Gasteiger partial charge is 0.338 e. The number of ketones is 1. The van der Waals surface area contributed by atoms with E-state index in [1.807, 2.05) is 0 Å². The predicted molar refractivity (Wildman–Crippen MR) is 107 cm³/mol. The molecule has 28 heavy (non-hydrogen) atoms. The van der Waals surface area contributed by atoms with Gasteiger partial charge >= 0.3 is 5.97 Å². The van der Waals surface area contributed by atoms with Crippen LogP contribution in [-0.4, -0.2) is 30.9 Å². The average molecular weight is 383 g/mol. The Kier molecular flexibility index (Phi) is 8.21. The van der Waals surface area contributed by atoms with Crippen molar-refractivity contribution in [1.29, 1.82) is 0 Å². The van der Waals surface area contributed by atoms with Gasteiger partial charge in [-0.15, -0.1) is 0 Å². The summed E-state index contributed by atoms with van der Waals surface area (Å²) in [6.07, 6.45) is 3.24. The lowest BCUT2D eigenvalue weighted by Crippen LogP contribution is -2.14. The first-order valence-electron chi connectivity index (χ1n) is 9.30. The summed E-state index contributed by atoms with van der Waals surface area (Å²) in [4.78, 5) is 35.3. The Balaban J connectivity index is 1.82. The number of benzene rings is 2. The molecule has 2 aromatic rings. The molecule has 0 aromatic heterocycles. The number of Topliss-reactive ketones (excluding diaryl/α,β-unsaturated/α-hetero) is 1. The molecule has 0 atom stereocenters. The van der Waals surface area contributed by atoms with Crippen LogP contribution in [0.1, 0.15) is 53.8 Å². The standard InChI is InChI=1S/C22H25NO5/c1-3-4-5-14-27-20-12-8-18(9-13-20)22(26)28-15-21(25)17-6-10-19(11-7-17)23-16(2)24/h6-13H,3-5,14-15H2,1-2H3,(H,23,24). The highest BCUT2D eigenvalue weighted by molar-refractivity contribution is 6.00. The second kappa shape index (κ2) is 10.9. The molecule has 0 fully saturated rings. The van der Waals surface area contributed by atoms with Gasteiger partial charge in [0.05, 0.1) is 12.2 Å². The minimum absolute atomic E-state index is 0.189. The number of ether oxygens (including phenoxy) is 2. The van der Waals surface area contributed by atoms with Crippen LogP contribution in [0.25, 0.3) is 0 Å². The molecule has 2 aromatic carbocycles. The topological polar surface area (TPSA) is 81.7 Å². The van der Waals surface area contributed by atoms with E-state index in [4.69, 9.17) is 9.47 Å². The molecule has 0 heterocycles. The second-order valence-corrected chi connectivity index (χ2v) is 6.34. The zero-order valence-electron chi connectivity index (χ0n) is 16.2. The van der Waals surface area contributed by atoms with E-state index in [0.29, 0.717) is 29.2 Å². The first-order chi connectivity index (χ1) is 13.5. The Morgan fingerprint density at radius 2 is 1.54 bits per heavy atom. The van der Waals surface area contributed by atoms with Gasteiger partial charge in [-0.25, -0.2) is 4.79 Å². The molecule has 0 bridgehead atoms. The number of esters is 1. The summed E-state index contributed by atoms with van der Waals surface area (Å²) in [6, 6.07) is 13.0. The Labute approximate surface area is 164 Å². The molecule has 0 saturated heterocycles. The molecule has 1 N–H and O–H groups in total. The molecule has 6 nitrogen and oxygen atoms in total. The maximum Gasteiger partial charge on any atom is 0.338 e. The Hall–Kier alpha value is -3.15. The normalized spacial score (nSPS) is 10.2. The highest BCUT2D eigenvalue weighted by atomic mass is 16.5. The summed E-state index contributed by atoms with van der Waals surface area (Å²) in [6.45, 7) is 3.83. The molecule has 0 unspecified atom stereocenters. The minimum Gasteiger partial charge on any atom is -0.494 e. The number of nitrogens with one attached hydrogen (secondary N) is 1. The lowest BCUT2D eigenvalue weighted by atomic mass is 10.1. The molecule has 0 aliphatic heterocycles. The van der Waals surface area contributed by atoms with E-state index in [-0.39, 0.29) is 18.3 Å². The van der Waals surface area contributed by atoms with Gasteiger partial charge in [0.1, 0.15) is 5.75 Å². The maximum atomic E-state index is 12.2. The summed E-state index contributed by atoms with van der Waals surface area (Å²) in [5, 5.41) is 2.62. The van der Waals surface area contributed by atoms with E-state index in [1.165, 1.54) is 6.92 Å². The summed E-state index contributed by atoms with van der Waals surface area (Å²) >= 11 is 0. The lowest BCUT2D eigenvalue weighted by Gasteiger charge is -2.08. The highest BCUT2D eigenvalue weighted by Gasteiger charge is 2.12. The summed E-state index contributed by atoms with van der Waals surface area (Å²) in [5.41, 5.74) is 1.35. The number of unbranched alkanes of at least 4 members (excludes halogenated alkanes) is 2. The van der Waals surface area contributed by atoms with Crippen molar-refractivity contribution in [2.24, 2.45) is 0 Å². The number of hydrogen-bond donors (Lipinski definition) is 1. The van der Waals surface area contributed by atoms with Crippen molar-refractivity contribution >= 4 is 23.3 Å². The summed E-state index contributed by atoms with van der Waals surface area (Å²) in [5.74, 6) is -0.382. The number of rotatable bonds is 10. The van der Waals surface area contributed by atoms with E-state index < -0.39 is 5.97 Å². The Morgan fingerprint density at radius 3 is 2.14 bits per heavy atom. The zero-order valence-corrected chi connectivity index (χ0v) is 16.2. The van der Waals surface area contributed by atoms with Crippen LogP contribution in [0.15, 0.2) is 48.5 Å². The van der Waals surface area contributed by atoms with Crippen LogP contribution in [-0.2, 0) is 9.53 Å². The third-order valence-electron chi connectivity index (χ3n) is 3.97. The van der Waals surface area contributed by atoms with Crippen molar-refractivity contribution in [2.45, 2.75) is 33.1 Å². The van der Waals surface area contributed by atoms with Crippen molar-refractivity contribution in [2.75, 3.05) is 18.5 Å². The molecule has 148 valence electrons. The van der Waals surface area contributed by atoms with E-state index in [0.717, 1.165) is 19.3 Å². The van der Waals surface area contributed by atoms with Crippen LogP contribution >= 0.6 is 0 Å². The largest absolute Gasteiger partial charge is 0.494 e.